The Morgan fingerprint density at radius 3 is 2.82 bits per heavy atom. The number of aryl methyl sites for hydroxylation is 1. The summed E-state index contributed by atoms with van der Waals surface area (Å²) in [6.45, 7) is 2.14. The Morgan fingerprint density at radius 2 is 2.14 bits per heavy atom. The molecule has 7 nitrogen and oxygen atoms in total. The Kier molecular flexibility index (Phi) is 4.21. The quantitative estimate of drug-likeness (QED) is 0.859. The molecule has 1 fully saturated rings. The SMILES string of the molecule is Cc1nc([C@H]2CCCCCN2S(=O)(=O)c2ccccn2)no1. The van der Waals surface area contributed by atoms with E-state index < -0.39 is 16.1 Å². The lowest BCUT2D eigenvalue weighted by molar-refractivity contribution is 0.302. The van der Waals surface area contributed by atoms with Gasteiger partial charge in [-0.05, 0) is 25.0 Å². The second-order valence-corrected chi connectivity index (χ2v) is 7.16. The fraction of sp³-hybridized carbons (Fsp3) is 0.500. The molecule has 3 rings (SSSR count). The van der Waals surface area contributed by atoms with Gasteiger partial charge in [0.15, 0.2) is 10.9 Å². The van der Waals surface area contributed by atoms with Gasteiger partial charge in [0.05, 0.1) is 6.04 Å². The van der Waals surface area contributed by atoms with Crippen LogP contribution in [0.1, 0.15) is 43.4 Å². The number of hydrogen-bond acceptors (Lipinski definition) is 6. The highest BCUT2D eigenvalue weighted by atomic mass is 32.2. The van der Waals surface area contributed by atoms with Crippen LogP contribution < -0.4 is 0 Å². The van der Waals surface area contributed by atoms with E-state index in [9.17, 15) is 8.42 Å². The van der Waals surface area contributed by atoms with Crippen molar-refractivity contribution in [2.45, 2.75) is 43.7 Å². The normalized spacial score (nSPS) is 20.7. The van der Waals surface area contributed by atoms with Crippen molar-refractivity contribution in [2.24, 2.45) is 0 Å². The zero-order valence-corrected chi connectivity index (χ0v) is 13.2. The third-order valence-corrected chi connectivity index (χ3v) is 5.58. The van der Waals surface area contributed by atoms with Crippen LogP contribution in [-0.2, 0) is 10.0 Å². The number of aromatic nitrogens is 3. The van der Waals surface area contributed by atoms with Crippen LogP contribution in [0, 0.1) is 6.92 Å². The average Bonchev–Trinajstić information content (AvgIpc) is 2.81. The molecular formula is C14H18N4O3S. The van der Waals surface area contributed by atoms with Crippen molar-refractivity contribution >= 4 is 10.0 Å². The van der Waals surface area contributed by atoms with Crippen molar-refractivity contribution in [3.63, 3.8) is 0 Å². The van der Waals surface area contributed by atoms with Crippen LogP contribution in [0.25, 0.3) is 0 Å². The van der Waals surface area contributed by atoms with Gasteiger partial charge in [-0.15, -0.1) is 0 Å². The van der Waals surface area contributed by atoms with E-state index in [4.69, 9.17) is 4.52 Å². The number of sulfonamides is 1. The van der Waals surface area contributed by atoms with Crippen LogP contribution in [-0.4, -0.2) is 34.4 Å². The van der Waals surface area contributed by atoms with Crippen LogP contribution in [0.5, 0.6) is 0 Å². The molecule has 8 heteroatoms. The maximum absolute atomic E-state index is 12.9. The zero-order chi connectivity index (χ0) is 15.6. The Labute approximate surface area is 129 Å². The summed E-state index contributed by atoms with van der Waals surface area (Å²) >= 11 is 0. The minimum atomic E-state index is -3.67. The van der Waals surface area contributed by atoms with Crippen molar-refractivity contribution in [2.75, 3.05) is 6.54 Å². The molecule has 0 radical (unpaired) electrons. The van der Waals surface area contributed by atoms with E-state index in [-0.39, 0.29) is 5.03 Å². The Morgan fingerprint density at radius 1 is 1.27 bits per heavy atom. The van der Waals surface area contributed by atoms with Gasteiger partial charge in [0, 0.05) is 19.7 Å². The summed E-state index contributed by atoms with van der Waals surface area (Å²) in [5.74, 6) is 0.869. The van der Waals surface area contributed by atoms with Crippen LogP contribution in [0.4, 0.5) is 0 Å². The highest BCUT2D eigenvalue weighted by Crippen LogP contribution is 2.32. The molecule has 1 aliphatic rings. The molecule has 0 spiro atoms. The highest BCUT2D eigenvalue weighted by Gasteiger charge is 2.36. The predicted molar refractivity (Wildman–Crippen MR) is 78.4 cm³/mol. The van der Waals surface area contributed by atoms with Crippen molar-refractivity contribution in [3.8, 4) is 0 Å². The molecule has 0 saturated carbocycles. The van der Waals surface area contributed by atoms with Crippen LogP contribution >= 0.6 is 0 Å². The molecule has 1 saturated heterocycles. The number of pyridine rings is 1. The zero-order valence-electron chi connectivity index (χ0n) is 12.3. The van der Waals surface area contributed by atoms with Gasteiger partial charge in [-0.2, -0.15) is 9.29 Å². The summed E-state index contributed by atoms with van der Waals surface area (Å²) in [7, 11) is -3.67. The van der Waals surface area contributed by atoms with Crippen molar-refractivity contribution in [1.29, 1.82) is 0 Å². The van der Waals surface area contributed by atoms with E-state index in [1.165, 1.54) is 16.6 Å². The first-order valence-electron chi connectivity index (χ1n) is 7.32. The van der Waals surface area contributed by atoms with E-state index in [2.05, 4.69) is 15.1 Å². The molecular weight excluding hydrogens is 304 g/mol. The number of rotatable bonds is 3. The minimum Gasteiger partial charge on any atom is -0.340 e. The fourth-order valence-electron chi connectivity index (χ4n) is 2.70. The summed E-state index contributed by atoms with van der Waals surface area (Å²) in [6, 6.07) is 4.48. The Balaban J connectivity index is 2.00. The van der Waals surface area contributed by atoms with Gasteiger partial charge >= 0.3 is 0 Å². The maximum atomic E-state index is 12.9. The first-order valence-corrected chi connectivity index (χ1v) is 8.76. The molecule has 2 aromatic heterocycles. The number of nitrogens with zero attached hydrogens (tertiary/aromatic N) is 4. The number of hydrogen-bond donors (Lipinski definition) is 0. The monoisotopic (exact) mass is 322 g/mol. The van der Waals surface area contributed by atoms with E-state index in [0.29, 0.717) is 24.7 Å². The van der Waals surface area contributed by atoms with E-state index in [1.807, 2.05) is 0 Å². The second kappa shape index (κ2) is 6.13. The van der Waals surface area contributed by atoms with Gasteiger partial charge in [-0.3, -0.25) is 0 Å². The van der Waals surface area contributed by atoms with Gasteiger partial charge in [0.2, 0.25) is 5.89 Å². The van der Waals surface area contributed by atoms with Gasteiger partial charge < -0.3 is 4.52 Å². The first kappa shape index (κ1) is 15.1. The third-order valence-electron chi connectivity index (χ3n) is 3.76. The molecule has 0 amide bonds. The lowest BCUT2D eigenvalue weighted by atomic mass is 10.1. The van der Waals surface area contributed by atoms with E-state index in [0.717, 1.165) is 19.3 Å². The second-order valence-electron chi connectivity index (χ2n) is 5.32. The van der Waals surface area contributed by atoms with Crippen molar-refractivity contribution < 1.29 is 12.9 Å². The van der Waals surface area contributed by atoms with Crippen LogP contribution in [0.15, 0.2) is 33.9 Å². The summed E-state index contributed by atoms with van der Waals surface area (Å²) in [5, 5.41) is 3.98. The molecule has 0 unspecified atom stereocenters. The Hall–Kier alpha value is -1.80. The molecule has 0 aromatic carbocycles. The van der Waals surface area contributed by atoms with Crippen LogP contribution in [0.3, 0.4) is 0 Å². The Bertz CT molecular complexity index is 730. The highest BCUT2D eigenvalue weighted by molar-refractivity contribution is 7.89. The molecule has 1 aliphatic heterocycles. The first-order chi connectivity index (χ1) is 10.6. The molecule has 0 N–H and O–H groups in total. The minimum absolute atomic E-state index is 0.0575. The molecule has 3 heterocycles. The topological polar surface area (TPSA) is 89.2 Å². The summed E-state index contributed by atoms with van der Waals surface area (Å²) in [5.41, 5.74) is 0. The lowest BCUT2D eigenvalue weighted by Gasteiger charge is -2.26. The van der Waals surface area contributed by atoms with Gasteiger partial charge in [0.1, 0.15) is 0 Å². The largest absolute Gasteiger partial charge is 0.340 e. The third kappa shape index (κ3) is 2.89. The van der Waals surface area contributed by atoms with Gasteiger partial charge in [-0.25, -0.2) is 13.4 Å². The van der Waals surface area contributed by atoms with E-state index in [1.54, 1.807) is 19.1 Å². The standard InChI is InChI=1S/C14H18N4O3S/c1-11-16-14(17-21-11)12-7-3-2-6-10-18(12)22(19,20)13-8-4-5-9-15-13/h4-5,8-9,12H,2-3,6-7,10H2,1H3/t12-/m1/s1. The molecule has 2 aromatic rings. The summed E-state index contributed by atoms with van der Waals surface area (Å²) < 4.78 is 32.3. The predicted octanol–water partition coefficient (Wildman–Crippen LogP) is 2.08. The molecule has 0 aliphatic carbocycles. The fourth-order valence-corrected chi connectivity index (χ4v) is 4.29. The van der Waals surface area contributed by atoms with E-state index >= 15 is 0 Å². The van der Waals surface area contributed by atoms with Gasteiger partial charge in [0.25, 0.3) is 10.0 Å². The van der Waals surface area contributed by atoms with Gasteiger partial charge in [-0.1, -0.05) is 24.1 Å². The van der Waals surface area contributed by atoms with Crippen molar-refractivity contribution in [1.82, 2.24) is 19.4 Å². The molecule has 1 atom stereocenters. The molecule has 22 heavy (non-hydrogen) atoms. The smallest absolute Gasteiger partial charge is 0.261 e. The summed E-state index contributed by atoms with van der Waals surface area (Å²) in [4.78, 5) is 8.22. The molecule has 0 bridgehead atoms. The molecule has 118 valence electrons. The maximum Gasteiger partial charge on any atom is 0.261 e. The van der Waals surface area contributed by atoms with Crippen LogP contribution in [0.2, 0.25) is 0 Å². The average molecular weight is 322 g/mol. The summed E-state index contributed by atoms with van der Waals surface area (Å²) in [6.07, 6.45) is 4.91. The van der Waals surface area contributed by atoms with Crippen molar-refractivity contribution in [3.05, 3.63) is 36.1 Å². The lowest BCUT2D eigenvalue weighted by Crippen LogP contribution is -2.35.